The van der Waals surface area contributed by atoms with Gasteiger partial charge in [0.1, 0.15) is 11.9 Å². The van der Waals surface area contributed by atoms with Crippen molar-refractivity contribution in [2.75, 3.05) is 4.90 Å². The number of hydrogen-bond acceptors (Lipinski definition) is 3. The van der Waals surface area contributed by atoms with E-state index >= 15 is 0 Å². The molecule has 1 saturated heterocycles. The summed E-state index contributed by atoms with van der Waals surface area (Å²) in [6, 6.07) is 18.2. The molecule has 0 spiro atoms. The lowest BCUT2D eigenvalue weighted by Gasteiger charge is -2.49. The SMILES string of the molecule is Cc1ccc(N2C(=O)C(N3C(=O)c4ccccc4C3=O)C2c2ccc(F)cc2)cc1. The number of fused-ring (bicyclic) bond motifs is 1. The number of imide groups is 1. The number of amides is 3. The summed E-state index contributed by atoms with van der Waals surface area (Å²) in [5, 5.41) is 0. The maximum atomic E-state index is 13.5. The van der Waals surface area contributed by atoms with Gasteiger partial charge in [-0.2, -0.15) is 0 Å². The second-order valence-corrected chi connectivity index (χ2v) is 7.51. The molecule has 2 heterocycles. The summed E-state index contributed by atoms with van der Waals surface area (Å²) < 4.78 is 13.5. The minimum Gasteiger partial charge on any atom is -0.300 e. The molecule has 0 aromatic heterocycles. The molecule has 5 rings (SSSR count). The van der Waals surface area contributed by atoms with Crippen molar-refractivity contribution in [1.29, 1.82) is 0 Å². The zero-order valence-electron chi connectivity index (χ0n) is 16.1. The lowest BCUT2D eigenvalue weighted by molar-refractivity contribution is -0.130. The van der Waals surface area contributed by atoms with Crippen LogP contribution in [0.4, 0.5) is 10.1 Å². The number of aryl methyl sites for hydroxylation is 1. The molecule has 3 aromatic rings. The van der Waals surface area contributed by atoms with Gasteiger partial charge in [-0.05, 0) is 48.9 Å². The van der Waals surface area contributed by atoms with Gasteiger partial charge in [-0.25, -0.2) is 4.39 Å². The number of β-lactam (4-membered cyclic amide) rings is 1. The highest BCUT2D eigenvalue weighted by molar-refractivity contribution is 6.24. The molecule has 5 nitrogen and oxygen atoms in total. The number of anilines is 1. The van der Waals surface area contributed by atoms with E-state index < -0.39 is 29.7 Å². The van der Waals surface area contributed by atoms with Crippen molar-refractivity contribution in [3.05, 3.63) is 101 Å². The molecule has 1 fully saturated rings. The van der Waals surface area contributed by atoms with Crippen LogP contribution in [0.2, 0.25) is 0 Å². The average Bonchev–Trinajstić information content (AvgIpc) is 3.00. The summed E-state index contributed by atoms with van der Waals surface area (Å²) in [5.74, 6) is -1.71. The van der Waals surface area contributed by atoms with E-state index in [0.29, 0.717) is 22.4 Å². The van der Waals surface area contributed by atoms with Crippen molar-refractivity contribution in [3.8, 4) is 0 Å². The van der Waals surface area contributed by atoms with Crippen LogP contribution >= 0.6 is 0 Å². The van der Waals surface area contributed by atoms with Crippen LogP contribution in [0.3, 0.4) is 0 Å². The van der Waals surface area contributed by atoms with Gasteiger partial charge in [0.25, 0.3) is 17.7 Å². The maximum Gasteiger partial charge on any atom is 0.262 e. The molecule has 2 aliphatic rings. The molecule has 3 amide bonds. The molecule has 148 valence electrons. The standard InChI is InChI=1S/C24H17FN2O3/c1-14-6-12-17(13-7-14)26-20(15-8-10-16(25)11-9-15)21(24(26)30)27-22(28)18-4-2-3-5-19(18)23(27)29/h2-13,20-21H,1H3. The van der Waals surface area contributed by atoms with E-state index in [-0.39, 0.29) is 5.91 Å². The number of carbonyl (C=O) groups is 3. The van der Waals surface area contributed by atoms with Gasteiger partial charge in [-0.1, -0.05) is 42.0 Å². The van der Waals surface area contributed by atoms with Crippen LogP contribution < -0.4 is 4.90 Å². The quantitative estimate of drug-likeness (QED) is 0.495. The number of halogens is 1. The first-order valence-corrected chi connectivity index (χ1v) is 9.59. The minimum atomic E-state index is -0.982. The molecule has 0 saturated carbocycles. The predicted octanol–water partition coefficient (Wildman–Crippen LogP) is 3.89. The fourth-order valence-electron chi connectivity index (χ4n) is 4.17. The molecule has 2 unspecified atom stereocenters. The molecule has 2 aliphatic heterocycles. The molecule has 0 N–H and O–H groups in total. The van der Waals surface area contributed by atoms with Gasteiger partial charge < -0.3 is 4.90 Å². The van der Waals surface area contributed by atoms with E-state index in [1.54, 1.807) is 41.3 Å². The van der Waals surface area contributed by atoms with E-state index in [1.807, 2.05) is 31.2 Å². The molecule has 6 heteroatoms. The Bertz CT molecular complexity index is 1150. The van der Waals surface area contributed by atoms with Gasteiger partial charge in [0.2, 0.25) is 0 Å². The fraction of sp³-hybridized carbons (Fsp3) is 0.125. The Morgan fingerprint density at radius 2 is 1.27 bits per heavy atom. The first-order chi connectivity index (χ1) is 14.5. The van der Waals surface area contributed by atoms with E-state index in [4.69, 9.17) is 0 Å². The zero-order chi connectivity index (χ0) is 21.0. The largest absolute Gasteiger partial charge is 0.300 e. The molecule has 0 bridgehead atoms. The number of nitrogens with zero attached hydrogens (tertiary/aromatic N) is 2. The summed E-state index contributed by atoms with van der Waals surface area (Å²) in [6.45, 7) is 1.95. The van der Waals surface area contributed by atoms with Gasteiger partial charge in [-0.15, -0.1) is 0 Å². The predicted molar refractivity (Wildman–Crippen MR) is 109 cm³/mol. The van der Waals surface area contributed by atoms with E-state index in [0.717, 1.165) is 10.5 Å². The third kappa shape index (κ3) is 2.57. The van der Waals surface area contributed by atoms with Crippen molar-refractivity contribution in [2.45, 2.75) is 19.0 Å². The van der Waals surface area contributed by atoms with E-state index in [2.05, 4.69) is 0 Å². The van der Waals surface area contributed by atoms with Gasteiger partial charge in [0, 0.05) is 5.69 Å². The Labute approximate surface area is 172 Å². The number of hydrogen-bond donors (Lipinski definition) is 0. The lowest BCUT2D eigenvalue weighted by atomic mass is 9.86. The summed E-state index contributed by atoms with van der Waals surface area (Å²) in [6.07, 6.45) is 0. The summed E-state index contributed by atoms with van der Waals surface area (Å²) >= 11 is 0. The Kier molecular flexibility index (Phi) is 4.03. The highest BCUT2D eigenvalue weighted by Crippen LogP contribution is 2.44. The second-order valence-electron chi connectivity index (χ2n) is 7.51. The molecule has 2 atom stereocenters. The summed E-state index contributed by atoms with van der Waals surface area (Å²) in [7, 11) is 0. The number of carbonyl (C=O) groups excluding carboxylic acids is 3. The smallest absolute Gasteiger partial charge is 0.262 e. The Balaban J connectivity index is 1.58. The van der Waals surface area contributed by atoms with Crippen LogP contribution in [0.25, 0.3) is 0 Å². The number of rotatable bonds is 3. The van der Waals surface area contributed by atoms with E-state index in [1.165, 1.54) is 12.1 Å². The third-order valence-corrected chi connectivity index (χ3v) is 5.70. The van der Waals surface area contributed by atoms with Crippen LogP contribution in [-0.4, -0.2) is 28.7 Å². The van der Waals surface area contributed by atoms with Gasteiger partial charge >= 0.3 is 0 Å². The molecule has 30 heavy (non-hydrogen) atoms. The van der Waals surface area contributed by atoms with Crippen molar-refractivity contribution in [3.63, 3.8) is 0 Å². The Hall–Kier alpha value is -3.80. The monoisotopic (exact) mass is 400 g/mol. The first-order valence-electron chi connectivity index (χ1n) is 9.59. The second kappa shape index (κ2) is 6.62. The molecular formula is C24H17FN2O3. The number of benzene rings is 3. The van der Waals surface area contributed by atoms with Crippen LogP contribution in [0, 0.1) is 12.7 Å². The summed E-state index contributed by atoms with van der Waals surface area (Å²) in [4.78, 5) is 41.8. The van der Waals surface area contributed by atoms with Crippen molar-refractivity contribution in [2.24, 2.45) is 0 Å². The van der Waals surface area contributed by atoms with Crippen molar-refractivity contribution < 1.29 is 18.8 Å². The van der Waals surface area contributed by atoms with Gasteiger partial charge in [0.05, 0.1) is 17.2 Å². The van der Waals surface area contributed by atoms with Crippen LogP contribution in [0.5, 0.6) is 0 Å². The Morgan fingerprint density at radius 3 is 1.83 bits per heavy atom. The van der Waals surface area contributed by atoms with Crippen LogP contribution in [0.1, 0.15) is 37.9 Å². The lowest BCUT2D eigenvalue weighted by Crippen LogP contribution is -2.67. The molecule has 0 radical (unpaired) electrons. The molecule has 3 aromatic carbocycles. The summed E-state index contributed by atoms with van der Waals surface area (Å²) in [5.41, 5.74) is 2.94. The fourth-order valence-corrected chi connectivity index (χ4v) is 4.17. The topological polar surface area (TPSA) is 57.7 Å². The average molecular weight is 400 g/mol. The highest BCUT2D eigenvalue weighted by atomic mass is 19.1. The third-order valence-electron chi connectivity index (χ3n) is 5.70. The normalized spacial score (nSPS) is 20.4. The molecular weight excluding hydrogens is 383 g/mol. The minimum absolute atomic E-state index is 0.293. The molecule has 0 aliphatic carbocycles. The van der Waals surface area contributed by atoms with Crippen molar-refractivity contribution >= 4 is 23.4 Å². The van der Waals surface area contributed by atoms with Gasteiger partial charge in [-0.3, -0.25) is 19.3 Å². The first kappa shape index (κ1) is 18.2. The van der Waals surface area contributed by atoms with Gasteiger partial charge in [0.15, 0.2) is 0 Å². The zero-order valence-corrected chi connectivity index (χ0v) is 16.1. The maximum absolute atomic E-state index is 13.5. The highest BCUT2D eigenvalue weighted by Gasteiger charge is 2.57. The van der Waals surface area contributed by atoms with Crippen LogP contribution in [0.15, 0.2) is 72.8 Å². The Morgan fingerprint density at radius 1 is 0.700 bits per heavy atom. The van der Waals surface area contributed by atoms with E-state index in [9.17, 15) is 18.8 Å². The van der Waals surface area contributed by atoms with Crippen molar-refractivity contribution in [1.82, 2.24) is 4.90 Å². The van der Waals surface area contributed by atoms with Crippen LogP contribution in [-0.2, 0) is 4.79 Å².